The zero-order valence-electron chi connectivity index (χ0n) is 9.45. The first-order chi connectivity index (χ1) is 8.09. The van der Waals surface area contributed by atoms with E-state index in [1.807, 2.05) is 37.3 Å². The SMILES string of the molecule is Cc1cccc(C(N)c2cccc(F)c2Br)c1. The molecule has 1 atom stereocenters. The van der Waals surface area contributed by atoms with Crippen molar-refractivity contribution in [2.45, 2.75) is 13.0 Å². The van der Waals surface area contributed by atoms with Crippen molar-refractivity contribution in [1.82, 2.24) is 0 Å². The molecule has 0 amide bonds. The largest absolute Gasteiger partial charge is 0.320 e. The Labute approximate surface area is 109 Å². The van der Waals surface area contributed by atoms with Gasteiger partial charge < -0.3 is 5.73 Å². The van der Waals surface area contributed by atoms with Gasteiger partial charge in [0.05, 0.1) is 10.5 Å². The number of halogens is 2. The number of benzene rings is 2. The first-order valence-electron chi connectivity index (χ1n) is 5.35. The summed E-state index contributed by atoms with van der Waals surface area (Å²) in [6.45, 7) is 2.01. The fourth-order valence-electron chi connectivity index (χ4n) is 1.80. The van der Waals surface area contributed by atoms with Crippen LogP contribution in [-0.4, -0.2) is 0 Å². The van der Waals surface area contributed by atoms with Gasteiger partial charge in [0.15, 0.2) is 0 Å². The molecule has 17 heavy (non-hydrogen) atoms. The molecule has 2 rings (SSSR count). The predicted molar refractivity (Wildman–Crippen MR) is 71.3 cm³/mol. The van der Waals surface area contributed by atoms with Gasteiger partial charge in [-0.2, -0.15) is 0 Å². The van der Waals surface area contributed by atoms with Crippen LogP contribution in [0.4, 0.5) is 4.39 Å². The number of hydrogen-bond acceptors (Lipinski definition) is 1. The second-order valence-corrected chi connectivity index (χ2v) is 4.83. The van der Waals surface area contributed by atoms with E-state index in [1.54, 1.807) is 6.07 Å². The van der Waals surface area contributed by atoms with Gasteiger partial charge >= 0.3 is 0 Å². The minimum absolute atomic E-state index is 0.286. The topological polar surface area (TPSA) is 26.0 Å². The molecule has 3 heteroatoms. The number of nitrogens with two attached hydrogens (primary N) is 1. The highest BCUT2D eigenvalue weighted by Gasteiger charge is 2.14. The standard InChI is InChI=1S/C14H13BrFN/c1-9-4-2-5-10(8-9)14(17)11-6-3-7-12(16)13(11)15/h2-8,14H,17H2,1H3. The highest BCUT2D eigenvalue weighted by Crippen LogP contribution is 2.28. The van der Waals surface area contributed by atoms with Crippen LogP contribution in [0.15, 0.2) is 46.9 Å². The molecule has 0 saturated heterocycles. The summed E-state index contributed by atoms with van der Waals surface area (Å²) in [4.78, 5) is 0. The van der Waals surface area contributed by atoms with Gasteiger partial charge in [0.1, 0.15) is 5.82 Å². The second-order valence-electron chi connectivity index (χ2n) is 4.03. The molecule has 0 spiro atoms. The summed E-state index contributed by atoms with van der Waals surface area (Å²) in [5, 5.41) is 0. The molecule has 0 aromatic heterocycles. The third-order valence-corrected chi connectivity index (χ3v) is 3.55. The summed E-state index contributed by atoms with van der Waals surface area (Å²) < 4.78 is 13.9. The minimum Gasteiger partial charge on any atom is -0.320 e. The molecule has 88 valence electrons. The summed E-state index contributed by atoms with van der Waals surface area (Å²) in [5.41, 5.74) is 9.04. The normalized spacial score (nSPS) is 12.5. The van der Waals surface area contributed by atoms with Crippen molar-refractivity contribution < 1.29 is 4.39 Å². The molecule has 2 N–H and O–H groups in total. The lowest BCUT2D eigenvalue weighted by Gasteiger charge is -2.15. The summed E-state index contributed by atoms with van der Waals surface area (Å²) in [5.74, 6) is -0.286. The van der Waals surface area contributed by atoms with Crippen molar-refractivity contribution in [3.05, 3.63) is 69.4 Å². The van der Waals surface area contributed by atoms with E-state index in [-0.39, 0.29) is 11.9 Å². The van der Waals surface area contributed by atoms with Gasteiger partial charge in [0.25, 0.3) is 0 Å². The van der Waals surface area contributed by atoms with Gasteiger partial charge in [-0.05, 0) is 40.0 Å². The number of hydrogen-bond donors (Lipinski definition) is 1. The maximum Gasteiger partial charge on any atom is 0.137 e. The first-order valence-corrected chi connectivity index (χ1v) is 6.15. The van der Waals surface area contributed by atoms with Gasteiger partial charge in [-0.25, -0.2) is 4.39 Å². The number of aryl methyl sites for hydroxylation is 1. The summed E-state index contributed by atoms with van der Waals surface area (Å²) in [7, 11) is 0. The predicted octanol–water partition coefficient (Wildman–Crippen LogP) is 3.94. The smallest absolute Gasteiger partial charge is 0.137 e. The summed E-state index contributed by atoms with van der Waals surface area (Å²) >= 11 is 3.24. The third-order valence-electron chi connectivity index (χ3n) is 2.72. The van der Waals surface area contributed by atoms with Crippen LogP contribution < -0.4 is 5.73 Å². The number of rotatable bonds is 2. The molecule has 2 aromatic rings. The van der Waals surface area contributed by atoms with E-state index in [1.165, 1.54) is 6.07 Å². The van der Waals surface area contributed by atoms with E-state index in [0.29, 0.717) is 4.47 Å². The van der Waals surface area contributed by atoms with E-state index in [2.05, 4.69) is 15.9 Å². The second kappa shape index (κ2) is 4.98. The van der Waals surface area contributed by atoms with Crippen LogP contribution in [0, 0.1) is 12.7 Å². The Morgan fingerprint density at radius 3 is 2.59 bits per heavy atom. The Hall–Kier alpha value is -1.19. The van der Waals surface area contributed by atoms with Crippen molar-refractivity contribution in [2.75, 3.05) is 0 Å². The average Bonchev–Trinajstić information content (AvgIpc) is 2.32. The molecule has 0 radical (unpaired) electrons. The Balaban J connectivity index is 2.44. The maximum absolute atomic E-state index is 13.4. The average molecular weight is 294 g/mol. The zero-order valence-corrected chi connectivity index (χ0v) is 11.0. The maximum atomic E-state index is 13.4. The van der Waals surface area contributed by atoms with Gasteiger partial charge in [-0.3, -0.25) is 0 Å². The van der Waals surface area contributed by atoms with Crippen molar-refractivity contribution in [3.63, 3.8) is 0 Å². The molecule has 0 aliphatic rings. The van der Waals surface area contributed by atoms with E-state index in [9.17, 15) is 4.39 Å². The molecule has 0 aliphatic carbocycles. The molecule has 0 heterocycles. The van der Waals surface area contributed by atoms with Crippen LogP contribution in [0.25, 0.3) is 0 Å². The minimum atomic E-state index is -0.319. The fourth-order valence-corrected chi connectivity index (χ4v) is 2.31. The molecule has 1 nitrogen and oxygen atoms in total. The Morgan fingerprint density at radius 2 is 1.88 bits per heavy atom. The van der Waals surface area contributed by atoms with Gasteiger partial charge in [0.2, 0.25) is 0 Å². The van der Waals surface area contributed by atoms with Crippen LogP contribution in [0.2, 0.25) is 0 Å². The van der Waals surface area contributed by atoms with Crippen LogP contribution in [-0.2, 0) is 0 Å². The molecule has 0 saturated carbocycles. The molecule has 0 fully saturated rings. The Bertz CT molecular complexity index is 539. The van der Waals surface area contributed by atoms with Crippen molar-refractivity contribution in [1.29, 1.82) is 0 Å². The summed E-state index contributed by atoms with van der Waals surface area (Å²) in [6.07, 6.45) is 0. The Morgan fingerprint density at radius 1 is 1.18 bits per heavy atom. The molecule has 0 bridgehead atoms. The van der Waals surface area contributed by atoms with Crippen LogP contribution in [0.1, 0.15) is 22.7 Å². The van der Waals surface area contributed by atoms with Gasteiger partial charge in [0, 0.05) is 0 Å². The first kappa shape index (κ1) is 12.3. The van der Waals surface area contributed by atoms with E-state index in [0.717, 1.165) is 16.7 Å². The Kier molecular flexibility index (Phi) is 3.60. The van der Waals surface area contributed by atoms with Crippen molar-refractivity contribution in [3.8, 4) is 0 Å². The van der Waals surface area contributed by atoms with Crippen molar-refractivity contribution >= 4 is 15.9 Å². The third kappa shape index (κ3) is 2.56. The lowest BCUT2D eigenvalue weighted by molar-refractivity contribution is 0.616. The molecular formula is C14H13BrFN. The molecule has 0 aliphatic heterocycles. The van der Waals surface area contributed by atoms with E-state index in [4.69, 9.17) is 5.73 Å². The van der Waals surface area contributed by atoms with E-state index >= 15 is 0 Å². The van der Waals surface area contributed by atoms with Gasteiger partial charge in [-0.1, -0.05) is 42.0 Å². The summed E-state index contributed by atoms with van der Waals surface area (Å²) in [6, 6.07) is 12.5. The highest BCUT2D eigenvalue weighted by molar-refractivity contribution is 9.10. The fraction of sp³-hybridized carbons (Fsp3) is 0.143. The lowest BCUT2D eigenvalue weighted by Crippen LogP contribution is -2.13. The molecule has 2 aromatic carbocycles. The van der Waals surface area contributed by atoms with Crippen molar-refractivity contribution in [2.24, 2.45) is 5.73 Å². The zero-order chi connectivity index (χ0) is 12.4. The van der Waals surface area contributed by atoms with Crippen LogP contribution in [0.5, 0.6) is 0 Å². The van der Waals surface area contributed by atoms with Crippen LogP contribution >= 0.6 is 15.9 Å². The monoisotopic (exact) mass is 293 g/mol. The molecular weight excluding hydrogens is 281 g/mol. The van der Waals surface area contributed by atoms with Crippen LogP contribution in [0.3, 0.4) is 0 Å². The molecule has 1 unspecified atom stereocenters. The quantitative estimate of drug-likeness (QED) is 0.892. The highest BCUT2D eigenvalue weighted by atomic mass is 79.9. The van der Waals surface area contributed by atoms with Gasteiger partial charge in [-0.15, -0.1) is 0 Å². The van der Waals surface area contributed by atoms with E-state index < -0.39 is 0 Å². The lowest BCUT2D eigenvalue weighted by atomic mass is 9.98.